The molecule has 1 aliphatic rings. The van der Waals surface area contributed by atoms with Crippen molar-refractivity contribution in [2.45, 2.75) is 45.7 Å². The van der Waals surface area contributed by atoms with Crippen LogP contribution in [-0.2, 0) is 9.59 Å². The van der Waals surface area contributed by atoms with Crippen LogP contribution in [0.15, 0.2) is 0 Å². The number of amides is 2. The Morgan fingerprint density at radius 3 is 2.59 bits per heavy atom. The van der Waals surface area contributed by atoms with Crippen molar-refractivity contribution in [3.05, 3.63) is 0 Å². The molecule has 1 atom stereocenters. The van der Waals surface area contributed by atoms with Crippen molar-refractivity contribution in [3.63, 3.8) is 0 Å². The molecule has 2 amide bonds. The minimum Gasteiger partial charge on any atom is -0.340 e. The fourth-order valence-electron chi connectivity index (χ4n) is 2.54. The van der Waals surface area contributed by atoms with Gasteiger partial charge < -0.3 is 9.80 Å². The van der Waals surface area contributed by atoms with Gasteiger partial charge in [-0.05, 0) is 26.7 Å². The maximum Gasteiger partial charge on any atom is 0.237 e. The predicted octanol–water partition coefficient (Wildman–Crippen LogP) is 1.47. The zero-order valence-corrected chi connectivity index (χ0v) is 11.5. The van der Waals surface area contributed by atoms with Crippen molar-refractivity contribution in [1.29, 1.82) is 0 Å². The number of halogens is 1. The van der Waals surface area contributed by atoms with Gasteiger partial charge in [-0.1, -0.05) is 0 Å². The zero-order chi connectivity index (χ0) is 13.0. The van der Waals surface area contributed by atoms with E-state index in [9.17, 15) is 9.59 Å². The highest BCUT2D eigenvalue weighted by atomic mass is 35.5. The van der Waals surface area contributed by atoms with Gasteiger partial charge in [0.25, 0.3) is 0 Å². The highest BCUT2D eigenvalue weighted by Gasteiger charge is 2.30. The SMILES string of the molecule is CC(=O)N(C(C)C)[C@H]1CCCN(C(=O)CCl)C1. The van der Waals surface area contributed by atoms with E-state index in [1.807, 2.05) is 18.7 Å². The lowest BCUT2D eigenvalue weighted by molar-refractivity contribution is -0.138. The molecule has 1 saturated heterocycles. The number of hydrogen-bond acceptors (Lipinski definition) is 2. The van der Waals surface area contributed by atoms with Gasteiger partial charge in [-0.2, -0.15) is 0 Å². The molecule has 1 aliphatic heterocycles. The van der Waals surface area contributed by atoms with Crippen LogP contribution in [0.1, 0.15) is 33.6 Å². The molecule has 0 bridgehead atoms. The third-order valence-corrected chi connectivity index (χ3v) is 3.41. The first-order valence-corrected chi connectivity index (χ1v) is 6.63. The Labute approximate surface area is 108 Å². The number of likely N-dealkylation sites (tertiary alicyclic amines) is 1. The van der Waals surface area contributed by atoms with Crippen LogP contribution < -0.4 is 0 Å². The van der Waals surface area contributed by atoms with Crippen molar-refractivity contribution in [2.75, 3.05) is 19.0 Å². The van der Waals surface area contributed by atoms with Gasteiger partial charge in [-0.3, -0.25) is 9.59 Å². The Balaban J connectivity index is 2.70. The Kier molecular flexibility index (Phi) is 5.25. The number of carbonyl (C=O) groups excluding carboxylic acids is 2. The van der Waals surface area contributed by atoms with E-state index in [-0.39, 0.29) is 29.8 Å². The summed E-state index contributed by atoms with van der Waals surface area (Å²) in [6.45, 7) is 6.96. The maximum absolute atomic E-state index is 11.6. The van der Waals surface area contributed by atoms with Crippen molar-refractivity contribution in [2.24, 2.45) is 0 Å². The van der Waals surface area contributed by atoms with Crippen LogP contribution in [0.25, 0.3) is 0 Å². The topological polar surface area (TPSA) is 40.6 Å². The van der Waals surface area contributed by atoms with E-state index in [0.717, 1.165) is 19.4 Å². The molecular formula is C12H21ClN2O2. The molecule has 0 aromatic heterocycles. The second kappa shape index (κ2) is 6.24. The molecule has 17 heavy (non-hydrogen) atoms. The number of hydrogen-bond donors (Lipinski definition) is 0. The Morgan fingerprint density at radius 1 is 1.47 bits per heavy atom. The molecule has 5 heteroatoms. The van der Waals surface area contributed by atoms with Gasteiger partial charge in [-0.15, -0.1) is 11.6 Å². The molecule has 0 aromatic carbocycles. The van der Waals surface area contributed by atoms with Gasteiger partial charge in [0.2, 0.25) is 11.8 Å². The molecule has 1 heterocycles. The zero-order valence-electron chi connectivity index (χ0n) is 10.8. The molecule has 0 saturated carbocycles. The van der Waals surface area contributed by atoms with Crippen LogP contribution in [0.5, 0.6) is 0 Å². The molecular weight excluding hydrogens is 240 g/mol. The second-order valence-electron chi connectivity index (χ2n) is 4.79. The first-order chi connectivity index (χ1) is 7.97. The molecule has 0 radical (unpaired) electrons. The summed E-state index contributed by atoms with van der Waals surface area (Å²) in [5, 5.41) is 0. The fourth-order valence-corrected chi connectivity index (χ4v) is 2.70. The molecule has 0 N–H and O–H groups in total. The summed E-state index contributed by atoms with van der Waals surface area (Å²) in [5.41, 5.74) is 0. The summed E-state index contributed by atoms with van der Waals surface area (Å²) in [4.78, 5) is 26.8. The Morgan fingerprint density at radius 2 is 2.12 bits per heavy atom. The second-order valence-corrected chi connectivity index (χ2v) is 5.06. The van der Waals surface area contributed by atoms with Crippen molar-refractivity contribution in [1.82, 2.24) is 9.80 Å². The maximum atomic E-state index is 11.6. The van der Waals surface area contributed by atoms with E-state index >= 15 is 0 Å². The van der Waals surface area contributed by atoms with Gasteiger partial charge >= 0.3 is 0 Å². The van der Waals surface area contributed by atoms with E-state index < -0.39 is 0 Å². The number of nitrogens with zero attached hydrogens (tertiary/aromatic N) is 2. The number of piperidine rings is 1. The minimum absolute atomic E-state index is 0.0223. The quantitative estimate of drug-likeness (QED) is 0.721. The summed E-state index contributed by atoms with van der Waals surface area (Å²) < 4.78 is 0. The Bertz CT molecular complexity index is 294. The summed E-state index contributed by atoms with van der Waals surface area (Å²) in [7, 11) is 0. The van der Waals surface area contributed by atoms with Crippen LogP contribution in [0.2, 0.25) is 0 Å². The third-order valence-electron chi connectivity index (χ3n) is 3.18. The van der Waals surface area contributed by atoms with Gasteiger partial charge in [0, 0.05) is 32.1 Å². The molecule has 0 aliphatic carbocycles. The van der Waals surface area contributed by atoms with E-state index in [2.05, 4.69) is 0 Å². The lowest BCUT2D eigenvalue weighted by Gasteiger charge is -2.40. The molecule has 1 fully saturated rings. The molecule has 4 nitrogen and oxygen atoms in total. The molecule has 0 unspecified atom stereocenters. The van der Waals surface area contributed by atoms with E-state index in [1.54, 1.807) is 11.8 Å². The molecule has 0 aromatic rings. The average molecular weight is 261 g/mol. The summed E-state index contributed by atoms with van der Waals surface area (Å²) in [6, 6.07) is 0.303. The highest BCUT2D eigenvalue weighted by molar-refractivity contribution is 6.27. The van der Waals surface area contributed by atoms with Crippen LogP contribution in [-0.4, -0.2) is 52.7 Å². The van der Waals surface area contributed by atoms with Gasteiger partial charge in [0.05, 0.1) is 0 Å². The summed E-state index contributed by atoms with van der Waals surface area (Å²) >= 11 is 5.57. The van der Waals surface area contributed by atoms with E-state index in [4.69, 9.17) is 11.6 Å². The average Bonchev–Trinajstić information content (AvgIpc) is 2.27. The fraction of sp³-hybridized carbons (Fsp3) is 0.833. The standard InChI is InChI=1S/C12H21ClN2O2/c1-9(2)15(10(3)16)11-5-4-6-14(8-11)12(17)7-13/h9,11H,4-8H2,1-3H3/t11-/m0/s1. The molecule has 1 rings (SSSR count). The van der Waals surface area contributed by atoms with E-state index in [1.165, 1.54) is 0 Å². The lowest BCUT2D eigenvalue weighted by atomic mass is 10.0. The minimum atomic E-state index is -0.0383. The van der Waals surface area contributed by atoms with Gasteiger partial charge in [0.15, 0.2) is 0 Å². The number of alkyl halides is 1. The predicted molar refractivity (Wildman–Crippen MR) is 68.0 cm³/mol. The van der Waals surface area contributed by atoms with Gasteiger partial charge in [-0.25, -0.2) is 0 Å². The van der Waals surface area contributed by atoms with Crippen LogP contribution in [0.4, 0.5) is 0 Å². The first-order valence-electron chi connectivity index (χ1n) is 6.10. The molecule has 98 valence electrons. The van der Waals surface area contributed by atoms with Crippen molar-refractivity contribution < 1.29 is 9.59 Å². The van der Waals surface area contributed by atoms with E-state index in [0.29, 0.717) is 6.54 Å². The van der Waals surface area contributed by atoms with Gasteiger partial charge in [0.1, 0.15) is 5.88 Å². The van der Waals surface area contributed by atoms with Crippen LogP contribution in [0.3, 0.4) is 0 Å². The smallest absolute Gasteiger partial charge is 0.237 e. The third kappa shape index (κ3) is 3.60. The van der Waals surface area contributed by atoms with Crippen molar-refractivity contribution >= 4 is 23.4 Å². The first kappa shape index (κ1) is 14.3. The monoisotopic (exact) mass is 260 g/mol. The molecule has 0 spiro atoms. The highest BCUT2D eigenvalue weighted by Crippen LogP contribution is 2.18. The Hall–Kier alpha value is -0.770. The summed E-state index contributed by atoms with van der Waals surface area (Å²) in [5.74, 6) is 0.0582. The summed E-state index contributed by atoms with van der Waals surface area (Å²) in [6.07, 6.45) is 1.90. The lowest BCUT2D eigenvalue weighted by Crippen LogP contribution is -2.53. The number of rotatable bonds is 3. The largest absolute Gasteiger partial charge is 0.340 e. The normalized spacial score (nSPS) is 20.5. The van der Waals surface area contributed by atoms with Crippen LogP contribution in [0, 0.1) is 0 Å². The number of carbonyl (C=O) groups is 2. The van der Waals surface area contributed by atoms with Crippen LogP contribution >= 0.6 is 11.6 Å². The van der Waals surface area contributed by atoms with Crippen molar-refractivity contribution in [3.8, 4) is 0 Å².